The quantitative estimate of drug-likeness (QED) is 0.709. The molecule has 4 heterocycles. The first kappa shape index (κ1) is 12.2. The van der Waals surface area contributed by atoms with Crippen LogP contribution >= 0.6 is 0 Å². The van der Waals surface area contributed by atoms with Crippen molar-refractivity contribution >= 4 is 5.91 Å². The van der Waals surface area contributed by atoms with Crippen molar-refractivity contribution < 1.29 is 9.90 Å². The highest BCUT2D eigenvalue weighted by Crippen LogP contribution is 2.46. The smallest absolute Gasteiger partial charge is 0.222 e. The Kier molecular flexibility index (Phi) is 2.68. The van der Waals surface area contributed by atoms with E-state index in [1.807, 2.05) is 4.90 Å². The van der Waals surface area contributed by atoms with Gasteiger partial charge in [0.05, 0.1) is 12.1 Å². The van der Waals surface area contributed by atoms with Crippen LogP contribution < -0.4 is 0 Å². The fourth-order valence-corrected chi connectivity index (χ4v) is 5.29. The minimum Gasteiger partial charge on any atom is -0.386 e. The summed E-state index contributed by atoms with van der Waals surface area (Å²) in [5.74, 6) is 0.794. The molecule has 4 nitrogen and oxygen atoms in total. The number of fused-ring (bicyclic) bond motifs is 2. The first-order valence-corrected chi connectivity index (χ1v) is 7.95. The molecule has 4 saturated heterocycles. The maximum absolute atomic E-state index is 12.2. The predicted octanol–water partition coefficient (Wildman–Crippen LogP) is 0.987. The molecule has 1 amide bonds. The van der Waals surface area contributed by atoms with Gasteiger partial charge in [0, 0.05) is 18.5 Å². The molecule has 4 atom stereocenters. The molecule has 19 heavy (non-hydrogen) atoms. The number of hydrogen-bond acceptors (Lipinski definition) is 3. The molecule has 4 aliphatic heterocycles. The van der Waals surface area contributed by atoms with E-state index in [1.165, 1.54) is 12.8 Å². The van der Waals surface area contributed by atoms with Crippen molar-refractivity contribution in [1.82, 2.24) is 9.80 Å². The Balaban J connectivity index is 1.71. The maximum atomic E-state index is 12.2. The summed E-state index contributed by atoms with van der Waals surface area (Å²) in [5, 5.41) is 11.1. The summed E-state index contributed by atoms with van der Waals surface area (Å²) in [6, 6.07) is 0.731. The van der Waals surface area contributed by atoms with E-state index in [4.69, 9.17) is 0 Å². The molecule has 0 aromatic rings. The van der Waals surface area contributed by atoms with Gasteiger partial charge in [0.25, 0.3) is 0 Å². The van der Waals surface area contributed by atoms with Gasteiger partial charge in [0.2, 0.25) is 5.91 Å². The highest BCUT2D eigenvalue weighted by atomic mass is 16.3. The van der Waals surface area contributed by atoms with Crippen molar-refractivity contribution in [3.8, 4) is 0 Å². The normalized spacial score (nSPS) is 46.7. The Hall–Kier alpha value is -0.610. The highest BCUT2D eigenvalue weighted by Gasteiger charge is 2.57. The van der Waals surface area contributed by atoms with Gasteiger partial charge in [0.1, 0.15) is 0 Å². The van der Waals surface area contributed by atoms with Crippen LogP contribution in [-0.4, -0.2) is 58.1 Å². The molecule has 0 saturated carbocycles. The van der Waals surface area contributed by atoms with E-state index in [0.717, 1.165) is 38.8 Å². The predicted molar refractivity (Wildman–Crippen MR) is 71.6 cm³/mol. The SMILES string of the molecule is O=C1CCCC2C3CCCN4CCC[C@@](O)(CN12)C34. The second kappa shape index (κ2) is 4.19. The summed E-state index contributed by atoms with van der Waals surface area (Å²) in [6.07, 6.45) is 7.26. The monoisotopic (exact) mass is 264 g/mol. The number of carbonyl (C=O) groups is 1. The van der Waals surface area contributed by atoms with Crippen LogP contribution in [0.5, 0.6) is 0 Å². The fourth-order valence-electron chi connectivity index (χ4n) is 5.29. The van der Waals surface area contributed by atoms with Crippen molar-refractivity contribution in [2.75, 3.05) is 19.6 Å². The Morgan fingerprint density at radius 1 is 1.16 bits per heavy atom. The van der Waals surface area contributed by atoms with Crippen LogP contribution in [0.1, 0.15) is 44.9 Å². The largest absolute Gasteiger partial charge is 0.386 e. The van der Waals surface area contributed by atoms with Gasteiger partial charge in [-0.25, -0.2) is 0 Å². The van der Waals surface area contributed by atoms with Gasteiger partial charge in [-0.2, -0.15) is 0 Å². The Morgan fingerprint density at radius 3 is 2.89 bits per heavy atom. The molecule has 4 fully saturated rings. The lowest BCUT2D eigenvalue weighted by Crippen LogP contribution is -2.74. The van der Waals surface area contributed by atoms with Crippen molar-refractivity contribution in [3.05, 3.63) is 0 Å². The molecule has 0 radical (unpaired) electrons. The molecule has 0 bridgehead atoms. The summed E-state index contributed by atoms with van der Waals surface area (Å²) in [7, 11) is 0. The first-order valence-electron chi connectivity index (χ1n) is 7.95. The van der Waals surface area contributed by atoms with Crippen molar-refractivity contribution in [3.63, 3.8) is 0 Å². The number of rotatable bonds is 0. The van der Waals surface area contributed by atoms with Gasteiger partial charge in [-0.15, -0.1) is 0 Å². The van der Waals surface area contributed by atoms with E-state index in [0.29, 0.717) is 31.0 Å². The van der Waals surface area contributed by atoms with Crippen LogP contribution in [0.4, 0.5) is 0 Å². The Morgan fingerprint density at radius 2 is 2.00 bits per heavy atom. The fraction of sp³-hybridized carbons (Fsp3) is 0.933. The summed E-state index contributed by atoms with van der Waals surface area (Å²) in [5.41, 5.74) is -0.632. The van der Waals surface area contributed by atoms with Crippen molar-refractivity contribution in [2.45, 2.75) is 62.6 Å². The minimum absolute atomic E-state index is 0.283. The molecule has 1 N–H and O–H groups in total. The van der Waals surface area contributed by atoms with Crippen molar-refractivity contribution in [1.29, 1.82) is 0 Å². The standard InChI is InChI=1S/C15H24N2O2/c18-13-6-1-5-12-11-4-2-8-16-9-3-7-15(19,14(11)16)10-17(12)13/h11-12,14,19H,1-10H2/t11?,12?,14?,15-/m1/s1. The zero-order chi connectivity index (χ0) is 13.0. The molecule has 0 aliphatic carbocycles. The minimum atomic E-state index is -0.632. The molecule has 0 spiro atoms. The van der Waals surface area contributed by atoms with Crippen LogP contribution in [0.15, 0.2) is 0 Å². The van der Waals surface area contributed by atoms with Gasteiger partial charge >= 0.3 is 0 Å². The van der Waals surface area contributed by atoms with E-state index < -0.39 is 5.60 Å². The third-order valence-corrected chi connectivity index (χ3v) is 5.94. The number of hydrogen-bond donors (Lipinski definition) is 1. The number of piperidine rings is 4. The Bertz CT molecular complexity index is 398. The lowest BCUT2D eigenvalue weighted by Gasteiger charge is -2.61. The van der Waals surface area contributed by atoms with Crippen LogP contribution in [0.25, 0.3) is 0 Å². The number of amides is 1. The lowest BCUT2D eigenvalue weighted by atomic mass is 9.66. The zero-order valence-corrected chi connectivity index (χ0v) is 11.6. The van der Waals surface area contributed by atoms with Crippen LogP contribution in [0, 0.1) is 5.92 Å². The average molecular weight is 264 g/mol. The molecular formula is C15H24N2O2. The van der Waals surface area contributed by atoms with E-state index in [9.17, 15) is 9.90 Å². The van der Waals surface area contributed by atoms with Gasteiger partial charge in [0.15, 0.2) is 0 Å². The summed E-state index contributed by atoms with van der Waals surface area (Å²) in [6.45, 7) is 2.88. The molecule has 0 aromatic heterocycles. The molecule has 4 heteroatoms. The Labute approximate surface area is 114 Å². The number of aliphatic hydroxyl groups is 1. The van der Waals surface area contributed by atoms with Crippen molar-refractivity contribution in [2.24, 2.45) is 5.92 Å². The second-order valence-electron chi connectivity index (χ2n) is 6.98. The molecular weight excluding hydrogens is 240 g/mol. The molecule has 106 valence electrons. The van der Waals surface area contributed by atoms with E-state index >= 15 is 0 Å². The highest BCUT2D eigenvalue weighted by molar-refractivity contribution is 5.77. The summed E-state index contributed by atoms with van der Waals surface area (Å²) < 4.78 is 0. The third kappa shape index (κ3) is 1.69. The summed E-state index contributed by atoms with van der Waals surface area (Å²) >= 11 is 0. The van der Waals surface area contributed by atoms with E-state index in [-0.39, 0.29) is 5.91 Å². The molecule has 0 aromatic carbocycles. The lowest BCUT2D eigenvalue weighted by molar-refractivity contribution is -0.190. The summed E-state index contributed by atoms with van der Waals surface area (Å²) in [4.78, 5) is 16.8. The number of carbonyl (C=O) groups excluding carboxylic acids is 1. The molecule has 3 unspecified atom stereocenters. The average Bonchev–Trinajstić information content (AvgIpc) is 2.40. The first-order chi connectivity index (χ1) is 9.19. The van der Waals surface area contributed by atoms with E-state index in [1.54, 1.807) is 0 Å². The van der Waals surface area contributed by atoms with Crippen LogP contribution in [0.3, 0.4) is 0 Å². The van der Waals surface area contributed by atoms with Gasteiger partial charge < -0.3 is 10.0 Å². The van der Waals surface area contributed by atoms with Gasteiger partial charge in [-0.1, -0.05) is 0 Å². The van der Waals surface area contributed by atoms with Crippen LogP contribution in [-0.2, 0) is 4.79 Å². The van der Waals surface area contributed by atoms with Gasteiger partial charge in [-0.3, -0.25) is 9.69 Å². The van der Waals surface area contributed by atoms with Gasteiger partial charge in [-0.05, 0) is 57.5 Å². The zero-order valence-electron chi connectivity index (χ0n) is 11.6. The van der Waals surface area contributed by atoms with E-state index in [2.05, 4.69) is 4.90 Å². The second-order valence-corrected chi connectivity index (χ2v) is 6.98. The number of nitrogens with zero attached hydrogens (tertiary/aromatic N) is 2. The third-order valence-electron chi connectivity index (χ3n) is 5.94. The van der Waals surface area contributed by atoms with Crippen LogP contribution in [0.2, 0.25) is 0 Å². The molecule has 4 rings (SSSR count). The molecule has 4 aliphatic rings. The topological polar surface area (TPSA) is 43.8 Å². The maximum Gasteiger partial charge on any atom is 0.222 e.